The fourth-order valence-electron chi connectivity index (χ4n) is 4.49. The summed E-state index contributed by atoms with van der Waals surface area (Å²) in [4.78, 5) is 3.70. The van der Waals surface area contributed by atoms with Gasteiger partial charge in [0.15, 0.2) is 5.84 Å². The van der Waals surface area contributed by atoms with Crippen LogP contribution in [0.15, 0.2) is 22.1 Å². The van der Waals surface area contributed by atoms with Gasteiger partial charge in [0.2, 0.25) is 0 Å². The van der Waals surface area contributed by atoms with Gasteiger partial charge >= 0.3 is 6.18 Å². The zero-order valence-electron chi connectivity index (χ0n) is 18.5. The molecular weight excluding hydrogens is 459 g/mol. The minimum atomic E-state index is -4.74. The molecule has 0 aromatic heterocycles. The second-order valence-electron chi connectivity index (χ2n) is 8.21. The Hall–Kier alpha value is -2.42. The van der Waals surface area contributed by atoms with Crippen LogP contribution < -0.4 is 32.9 Å². The summed E-state index contributed by atoms with van der Waals surface area (Å²) < 4.78 is 52.9. The number of piperidine rings is 2. The molecule has 0 saturated carbocycles. The number of hydrogen-bond donors (Lipinski definition) is 6. The summed E-state index contributed by atoms with van der Waals surface area (Å²) in [6.45, 7) is 3.40. The standard InChI is InChI=1S/C18H28F3N7OS.CH4N2/c1-27-8-4-17(5-9-27)6-10-28(11-7-17)13-3-2-12(18(19,20)21)15(30(24)29)14(13)16(25-22)26-23;2-1-3/h2-3H,4-11,22-24H2,1H3,(H,25,26);1H,(H3,2,3). The van der Waals surface area contributed by atoms with Crippen molar-refractivity contribution in [1.29, 1.82) is 5.41 Å². The lowest BCUT2D eigenvalue weighted by Crippen LogP contribution is -2.46. The monoisotopic (exact) mass is 491 g/mol. The first-order valence-corrected chi connectivity index (χ1v) is 11.5. The van der Waals surface area contributed by atoms with E-state index in [1.165, 1.54) is 6.07 Å². The van der Waals surface area contributed by atoms with Gasteiger partial charge in [0.1, 0.15) is 11.0 Å². The molecule has 14 heteroatoms. The van der Waals surface area contributed by atoms with Crippen molar-refractivity contribution in [3.05, 3.63) is 23.3 Å². The Morgan fingerprint density at radius 2 is 1.73 bits per heavy atom. The Bertz CT molecular complexity index is 876. The van der Waals surface area contributed by atoms with E-state index in [0.717, 1.165) is 51.2 Å². The molecule has 0 amide bonds. The Balaban J connectivity index is 0.00000122. The van der Waals surface area contributed by atoms with Crippen LogP contribution in [0.25, 0.3) is 0 Å². The predicted molar refractivity (Wildman–Crippen MR) is 124 cm³/mol. The van der Waals surface area contributed by atoms with Gasteiger partial charge in [0.25, 0.3) is 0 Å². The number of nitrogens with one attached hydrogen (secondary N) is 2. The number of anilines is 1. The molecule has 1 aromatic rings. The molecule has 10 N–H and O–H groups in total. The lowest BCUT2D eigenvalue weighted by atomic mass is 9.71. The second-order valence-corrected chi connectivity index (χ2v) is 9.21. The Morgan fingerprint density at radius 3 is 2.15 bits per heavy atom. The molecule has 1 atom stereocenters. The third-order valence-electron chi connectivity index (χ3n) is 6.36. The van der Waals surface area contributed by atoms with E-state index in [-0.39, 0.29) is 16.8 Å². The number of nitrogens with zero attached hydrogens (tertiary/aromatic N) is 3. The van der Waals surface area contributed by atoms with Crippen LogP contribution in [0.3, 0.4) is 0 Å². The van der Waals surface area contributed by atoms with Gasteiger partial charge in [0.05, 0.1) is 22.4 Å². The quantitative estimate of drug-likeness (QED) is 0.155. The number of hydrazine groups is 1. The molecule has 10 nitrogen and oxygen atoms in total. The van der Waals surface area contributed by atoms with Crippen LogP contribution >= 0.6 is 0 Å². The Labute approximate surface area is 193 Å². The van der Waals surface area contributed by atoms with Crippen molar-refractivity contribution in [3.63, 3.8) is 0 Å². The summed E-state index contributed by atoms with van der Waals surface area (Å²) in [6.07, 6.45) is 0.0668. The summed E-state index contributed by atoms with van der Waals surface area (Å²) in [6, 6.07) is 2.26. The Kier molecular flexibility index (Phi) is 9.05. The predicted octanol–water partition coefficient (Wildman–Crippen LogP) is 0.635. The summed E-state index contributed by atoms with van der Waals surface area (Å²) in [5.74, 6) is 10.6. The van der Waals surface area contributed by atoms with E-state index in [0.29, 0.717) is 18.8 Å². The van der Waals surface area contributed by atoms with Crippen molar-refractivity contribution in [1.82, 2.24) is 10.3 Å². The largest absolute Gasteiger partial charge is 0.417 e. The average molecular weight is 492 g/mol. The van der Waals surface area contributed by atoms with E-state index in [1.807, 2.05) is 4.90 Å². The number of benzene rings is 1. The van der Waals surface area contributed by atoms with Gasteiger partial charge in [-0.2, -0.15) is 18.3 Å². The summed E-state index contributed by atoms with van der Waals surface area (Å²) >= 11 is 0. The SMILES string of the molecule is CN1CCC2(CC1)CCN(c1ccc(C(F)(F)F)c(S(N)=O)c1/C(=N/N)NN)CC2.N=CN. The van der Waals surface area contributed by atoms with Gasteiger partial charge in [-0.25, -0.2) is 15.2 Å². The van der Waals surface area contributed by atoms with Crippen LogP contribution in [-0.4, -0.2) is 54.5 Å². The first-order chi connectivity index (χ1) is 15.5. The lowest BCUT2D eigenvalue weighted by molar-refractivity contribution is -0.139. The molecule has 3 rings (SSSR count). The number of alkyl halides is 3. The number of halogens is 3. The van der Waals surface area contributed by atoms with E-state index in [9.17, 15) is 17.4 Å². The lowest BCUT2D eigenvalue weighted by Gasteiger charge is -2.47. The molecule has 0 bridgehead atoms. The fourth-order valence-corrected chi connectivity index (χ4v) is 5.29. The number of likely N-dealkylation sites (tertiary alicyclic amines) is 1. The molecule has 2 aliphatic rings. The highest BCUT2D eigenvalue weighted by Crippen LogP contribution is 2.44. The van der Waals surface area contributed by atoms with E-state index in [1.54, 1.807) is 0 Å². The van der Waals surface area contributed by atoms with Crippen molar-refractivity contribution in [2.24, 2.45) is 33.1 Å². The molecule has 33 heavy (non-hydrogen) atoms. The van der Waals surface area contributed by atoms with Gasteiger partial charge in [0, 0.05) is 18.8 Å². The molecule has 1 unspecified atom stereocenters. The maximum absolute atomic E-state index is 13.6. The number of hydrazone groups is 1. The maximum atomic E-state index is 13.6. The molecule has 186 valence electrons. The van der Waals surface area contributed by atoms with Gasteiger partial charge in [-0.1, -0.05) is 0 Å². The molecular formula is C19H32F3N9OS. The molecule has 1 spiro atoms. The number of rotatable bonds is 3. The summed E-state index contributed by atoms with van der Waals surface area (Å²) in [7, 11) is -0.326. The van der Waals surface area contributed by atoms with Crippen molar-refractivity contribution in [3.8, 4) is 0 Å². The number of amidine groups is 1. The fraction of sp³-hybridized carbons (Fsp3) is 0.579. The smallest absolute Gasteiger partial charge is 0.390 e. The summed E-state index contributed by atoms with van der Waals surface area (Å²) in [5.41, 5.74) is 6.13. The van der Waals surface area contributed by atoms with Crippen LogP contribution in [0, 0.1) is 10.8 Å². The third-order valence-corrected chi connectivity index (χ3v) is 7.18. The first-order valence-electron chi connectivity index (χ1n) is 10.3. The highest BCUT2D eigenvalue weighted by Gasteiger charge is 2.40. The molecule has 2 heterocycles. The Morgan fingerprint density at radius 1 is 1.21 bits per heavy atom. The molecule has 2 aliphatic heterocycles. The van der Waals surface area contributed by atoms with Crippen LogP contribution in [0.2, 0.25) is 0 Å². The van der Waals surface area contributed by atoms with E-state index < -0.39 is 27.6 Å². The van der Waals surface area contributed by atoms with Gasteiger partial charge in [-0.05, 0) is 63.4 Å². The van der Waals surface area contributed by atoms with Crippen molar-refractivity contribution in [2.45, 2.75) is 36.8 Å². The van der Waals surface area contributed by atoms with E-state index in [2.05, 4.69) is 28.2 Å². The van der Waals surface area contributed by atoms with Crippen LogP contribution in [-0.2, 0) is 17.2 Å². The molecule has 2 saturated heterocycles. The topological polar surface area (TPSA) is 176 Å². The van der Waals surface area contributed by atoms with Crippen molar-refractivity contribution < 1.29 is 17.4 Å². The normalized spacial score (nSPS) is 20.1. The minimum absolute atomic E-state index is 0.0741. The number of nitrogens with two attached hydrogens (primary N) is 4. The van der Waals surface area contributed by atoms with Crippen LogP contribution in [0.5, 0.6) is 0 Å². The minimum Gasteiger partial charge on any atom is -0.390 e. The van der Waals surface area contributed by atoms with E-state index in [4.69, 9.17) is 22.2 Å². The summed E-state index contributed by atoms with van der Waals surface area (Å²) in [5, 5.41) is 14.8. The zero-order chi connectivity index (χ0) is 24.8. The van der Waals surface area contributed by atoms with Gasteiger partial charge < -0.3 is 26.8 Å². The highest BCUT2D eigenvalue weighted by molar-refractivity contribution is 7.82. The van der Waals surface area contributed by atoms with Crippen LogP contribution in [0.1, 0.15) is 36.8 Å². The highest BCUT2D eigenvalue weighted by atomic mass is 32.2. The van der Waals surface area contributed by atoms with Crippen molar-refractivity contribution in [2.75, 3.05) is 38.1 Å². The molecule has 2 fully saturated rings. The zero-order valence-corrected chi connectivity index (χ0v) is 19.3. The molecule has 0 aliphatic carbocycles. The second kappa shape index (κ2) is 11.1. The van der Waals surface area contributed by atoms with Gasteiger partial charge in [-0.3, -0.25) is 5.41 Å². The maximum Gasteiger partial charge on any atom is 0.417 e. The van der Waals surface area contributed by atoms with Gasteiger partial charge in [-0.15, -0.1) is 0 Å². The van der Waals surface area contributed by atoms with E-state index >= 15 is 0 Å². The van der Waals surface area contributed by atoms with Crippen LogP contribution in [0.4, 0.5) is 18.9 Å². The molecule has 0 radical (unpaired) electrons. The first kappa shape index (κ1) is 26.8. The number of hydrogen-bond acceptors (Lipinski definition) is 7. The molecule has 1 aromatic carbocycles. The van der Waals surface area contributed by atoms with Crippen molar-refractivity contribution >= 4 is 28.8 Å². The average Bonchev–Trinajstić information content (AvgIpc) is 2.77. The third kappa shape index (κ3) is 6.13.